The van der Waals surface area contributed by atoms with E-state index in [1.807, 2.05) is 0 Å². The molecule has 3 nitrogen and oxygen atoms in total. The number of alkyl halides is 3. The van der Waals surface area contributed by atoms with Gasteiger partial charge in [-0.25, -0.2) is 0 Å². The normalized spacial score (nSPS) is 13.2. The van der Waals surface area contributed by atoms with E-state index in [0.29, 0.717) is 0 Å². The van der Waals surface area contributed by atoms with Gasteiger partial charge in [0.2, 0.25) is 5.91 Å². The Morgan fingerprint density at radius 3 is 2.56 bits per heavy atom. The zero-order valence-corrected chi connectivity index (χ0v) is 10.1. The Labute approximate surface area is 103 Å². The summed E-state index contributed by atoms with van der Waals surface area (Å²) in [4.78, 5) is 11.5. The van der Waals surface area contributed by atoms with Crippen LogP contribution in [0.3, 0.4) is 0 Å². The van der Waals surface area contributed by atoms with Crippen LogP contribution in [0.5, 0.6) is 0 Å². The van der Waals surface area contributed by atoms with E-state index < -0.39 is 23.6 Å². The molecular weight excluding hydrogens is 245 g/mol. The quantitative estimate of drug-likeness (QED) is 0.877. The van der Waals surface area contributed by atoms with Crippen LogP contribution in [0.15, 0.2) is 18.2 Å². The molecule has 0 aliphatic heterocycles. The molecule has 1 aromatic carbocycles. The number of anilines is 1. The van der Waals surface area contributed by atoms with Crippen molar-refractivity contribution in [2.24, 2.45) is 11.7 Å². The first-order chi connectivity index (χ1) is 8.25. The lowest BCUT2D eigenvalue weighted by atomic mass is 10.1. The number of carbonyl (C=O) groups is 1. The van der Waals surface area contributed by atoms with Crippen LogP contribution < -0.4 is 11.1 Å². The lowest BCUT2D eigenvalue weighted by molar-refractivity contribution is -0.138. The second kappa shape index (κ2) is 5.39. The van der Waals surface area contributed by atoms with Crippen molar-refractivity contribution in [1.82, 2.24) is 0 Å². The van der Waals surface area contributed by atoms with Crippen LogP contribution in [-0.2, 0) is 11.0 Å². The van der Waals surface area contributed by atoms with E-state index in [1.54, 1.807) is 6.92 Å². The third-order valence-electron chi connectivity index (χ3n) is 2.61. The van der Waals surface area contributed by atoms with E-state index in [9.17, 15) is 18.0 Å². The summed E-state index contributed by atoms with van der Waals surface area (Å²) in [5.41, 5.74) is 4.80. The number of rotatable bonds is 3. The van der Waals surface area contributed by atoms with Crippen molar-refractivity contribution in [1.29, 1.82) is 0 Å². The van der Waals surface area contributed by atoms with Crippen molar-refractivity contribution in [3.8, 4) is 0 Å². The Kier molecular flexibility index (Phi) is 4.34. The van der Waals surface area contributed by atoms with E-state index >= 15 is 0 Å². The van der Waals surface area contributed by atoms with Gasteiger partial charge >= 0.3 is 6.18 Å². The summed E-state index contributed by atoms with van der Waals surface area (Å²) in [6, 6.07) is 3.69. The van der Waals surface area contributed by atoms with Gasteiger partial charge in [-0.05, 0) is 24.6 Å². The van der Waals surface area contributed by atoms with Gasteiger partial charge in [-0.1, -0.05) is 13.0 Å². The summed E-state index contributed by atoms with van der Waals surface area (Å²) < 4.78 is 38.0. The van der Waals surface area contributed by atoms with Crippen LogP contribution in [0.4, 0.5) is 18.9 Å². The highest BCUT2D eigenvalue weighted by Crippen LogP contribution is 2.33. The van der Waals surface area contributed by atoms with Gasteiger partial charge in [-0.2, -0.15) is 13.2 Å². The Hall–Kier alpha value is -1.56. The minimum absolute atomic E-state index is 0.118. The number of halogens is 3. The van der Waals surface area contributed by atoms with Crippen LogP contribution in [0.1, 0.15) is 18.1 Å². The molecule has 0 radical (unpaired) electrons. The van der Waals surface area contributed by atoms with Gasteiger partial charge in [0, 0.05) is 18.2 Å². The molecule has 0 fully saturated rings. The minimum Gasteiger partial charge on any atom is -0.330 e. The fourth-order valence-corrected chi connectivity index (χ4v) is 1.38. The second-order valence-corrected chi connectivity index (χ2v) is 4.15. The molecule has 18 heavy (non-hydrogen) atoms. The van der Waals surface area contributed by atoms with Crippen molar-refractivity contribution in [3.63, 3.8) is 0 Å². The van der Waals surface area contributed by atoms with Crippen LogP contribution in [0, 0.1) is 12.8 Å². The molecule has 1 rings (SSSR count). The number of benzene rings is 1. The largest absolute Gasteiger partial charge is 0.416 e. The van der Waals surface area contributed by atoms with E-state index in [4.69, 9.17) is 5.73 Å². The molecule has 0 aliphatic carbocycles. The lowest BCUT2D eigenvalue weighted by Gasteiger charge is -2.14. The molecule has 0 aliphatic rings. The van der Waals surface area contributed by atoms with E-state index in [0.717, 1.165) is 6.07 Å². The molecule has 0 aromatic heterocycles. The maximum absolute atomic E-state index is 12.7. The molecule has 0 saturated heterocycles. The third kappa shape index (κ3) is 3.46. The Morgan fingerprint density at radius 2 is 2.06 bits per heavy atom. The Bertz CT molecular complexity index is 443. The van der Waals surface area contributed by atoms with Gasteiger partial charge < -0.3 is 11.1 Å². The van der Waals surface area contributed by atoms with Gasteiger partial charge in [0.15, 0.2) is 0 Å². The number of hydrogen-bond donors (Lipinski definition) is 2. The highest BCUT2D eigenvalue weighted by Gasteiger charge is 2.32. The first-order valence-corrected chi connectivity index (χ1v) is 5.44. The number of aryl methyl sites for hydroxylation is 1. The molecular formula is C12H15F3N2O. The van der Waals surface area contributed by atoms with Crippen LogP contribution >= 0.6 is 0 Å². The third-order valence-corrected chi connectivity index (χ3v) is 2.61. The van der Waals surface area contributed by atoms with Crippen molar-refractivity contribution in [3.05, 3.63) is 29.3 Å². The summed E-state index contributed by atoms with van der Waals surface area (Å²) in [5.74, 6) is -0.838. The summed E-state index contributed by atoms with van der Waals surface area (Å²) in [7, 11) is 0. The fourth-order valence-electron chi connectivity index (χ4n) is 1.38. The molecule has 0 spiro atoms. The highest BCUT2D eigenvalue weighted by molar-refractivity contribution is 5.92. The highest BCUT2D eigenvalue weighted by atomic mass is 19.4. The number of carbonyl (C=O) groups excluding carboxylic acids is 1. The standard InChI is InChI=1S/C12H15F3N2O/c1-7-3-4-9(5-10(7)12(13,14)15)17-11(18)8(2)6-16/h3-5,8H,6,16H2,1-2H3,(H,17,18). The number of nitrogens with two attached hydrogens (primary N) is 1. The SMILES string of the molecule is Cc1ccc(NC(=O)C(C)CN)cc1C(F)(F)F. The average Bonchev–Trinajstić information content (AvgIpc) is 2.29. The van der Waals surface area contributed by atoms with Gasteiger partial charge in [-0.15, -0.1) is 0 Å². The predicted molar refractivity (Wildman–Crippen MR) is 63.0 cm³/mol. The predicted octanol–water partition coefficient (Wildman–Crippen LogP) is 2.55. The van der Waals surface area contributed by atoms with Gasteiger partial charge in [0.05, 0.1) is 5.56 Å². The fraction of sp³-hybridized carbons (Fsp3) is 0.417. The maximum atomic E-state index is 12.7. The molecule has 1 unspecified atom stereocenters. The maximum Gasteiger partial charge on any atom is 0.416 e. The molecule has 100 valence electrons. The smallest absolute Gasteiger partial charge is 0.330 e. The van der Waals surface area contributed by atoms with Gasteiger partial charge in [-0.3, -0.25) is 4.79 Å². The van der Waals surface area contributed by atoms with Gasteiger partial charge in [0.25, 0.3) is 0 Å². The molecule has 0 saturated carbocycles. The van der Waals surface area contributed by atoms with Crippen molar-refractivity contribution in [2.75, 3.05) is 11.9 Å². The molecule has 0 bridgehead atoms. The molecule has 1 aromatic rings. The summed E-state index contributed by atoms with van der Waals surface area (Å²) in [6.07, 6.45) is -4.43. The zero-order chi connectivity index (χ0) is 13.9. The van der Waals surface area contributed by atoms with Crippen LogP contribution in [0.25, 0.3) is 0 Å². The molecule has 1 amide bonds. The van der Waals surface area contributed by atoms with Crippen molar-refractivity contribution < 1.29 is 18.0 Å². The number of amides is 1. The topological polar surface area (TPSA) is 55.1 Å². The Morgan fingerprint density at radius 1 is 1.44 bits per heavy atom. The van der Waals surface area contributed by atoms with Crippen molar-refractivity contribution in [2.45, 2.75) is 20.0 Å². The Balaban J connectivity index is 2.96. The van der Waals surface area contributed by atoms with Crippen LogP contribution in [-0.4, -0.2) is 12.5 Å². The monoisotopic (exact) mass is 260 g/mol. The van der Waals surface area contributed by atoms with Crippen LogP contribution in [0.2, 0.25) is 0 Å². The lowest BCUT2D eigenvalue weighted by Crippen LogP contribution is -2.26. The van der Waals surface area contributed by atoms with E-state index in [2.05, 4.69) is 5.32 Å². The molecule has 0 heterocycles. The summed E-state index contributed by atoms with van der Waals surface area (Å²) in [6.45, 7) is 3.12. The average molecular weight is 260 g/mol. The first-order valence-electron chi connectivity index (χ1n) is 5.44. The van der Waals surface area contributed by atoms with E-state index in [-0.39, 0.29) is 17.8 Å². The number of nitrogens with one attached hydrogen (secondary N) is 1. The van der Waals surface area contributed by atoms with Gasteiger partial charge in [0.1, 0.15) is 0 Å². The van der Waals surface area contributed by atoms with Crippen molar-refractivity contribution >= 4 is 11.6 Å². The number of hydrogen-bond acceptors (Lipinski definition) is 2. The minimum atomic E-state index is -4.43. The zero-order valence-electron chi connectivity index (χ0n) is 10.1. The summed E-state index contributed by atoms with van der Waals surface area (Å²) >= 11 is 0. The first kappa shape index (κ1) is 14.5. The molecule has 1 atom stereocenters. The second-order valence-electron chi connectivity index (χ2n) is 4.15. The molecule has 3 N–H and O–H groups in total. The molecule has 6 heteroatoms. The van der Waals surface area contributed by atoms with E-state index in [1.165, 1.54) is 19.1 Å². The summed E-state index contributed by atoms with van der Waals surface area (Å²) in [5, 5.41) is 2.41.